The summed E-state index contributed by atoms with van der Waals surface area (Å²) < 4.78 is 5.74. The average Bonchev–Trinajstić information content (AvgIpc) is 2.68. The predicted molar refractivity (Wildman–Crippen MR) is 125 cm³/mol. The molecule has 0 radical (unpaired) electrons. The van der Waals surface area contributed by atoms with Gasteiger partial charge in [-0.25, -0.2) is 0 Å². The van der Waals surface area contributed by atoms with Gasteiger partial charge in [-0.05, 0) is 66.0 Å². The molecule has 29 heavy (non-hydrogen) atoms. The van der Waals surface area contributed by atoms with Crippen LogP contribution in [0.15, 0.2) is 48.5 Å². The fourth-order valence-corrected chi connectivity index (χ4v) is 3.02. The predicted octanol–water partition coefficient (Wildman–Crippen LogP) is 6.07. The number of amides is 1. The number of carbonyl (C=O) groups excluding carboxylic acids is 1. The topological polar surface area (TPSA) is 50.4 Å². The zero-order valence-corrected chi connectivity index (χ0v) is 18.7. The summed E-state index contributed by atoms with van der Waals surface area (Å²) in [5, 5.41) is 6.02. The number of hydrogen-bond acceptors (Lipinski definition) is 3. The molecule has 2 rings (SSSR count). The van der Waals surface area contributed by atoms with Crippen molar-refractivity contribution in [1.29, 1.82) is 0 Å². The van der Waals surface area contributed by atoms with E-state index < -0.39 is 0 Å². The number of hydrogen-bond donors (Lipinski definition) is 2. The molecular weight excluding hydrogens is 380 g/mol. The van der Waals surface area contributed by atoms with E-state index in [4.69, 9.17) is 17.0 Å². The summed E-state index contributed by atoms with van der Waals surface area (Å²) in [6.45, 7) is 9.36. The highest BCUT2D eigenvalue weighted by Crippen LogP contribution is 2.22. The smallest absolute Gasteiger partial charge is 0.257 e. The van der Waals surface area contributed by atoms with Crippen molar-refractivity contribution in [3.05, 3.63) is 59.7 Å². The van der Waals surface area contributed by atoms with Crippen LogP contribution in [0, 0.1) is 0 Å². The Morgan fingerprint density at radius 2 is 1.62 bits per heavy atom. The average molecular weight is 413 g/mol. The maximum Gasteiger partial charge on any atom is 0.257 e. The highest BCUT2D eigenvalue weighted by atomic mass is 32.1. The molecule has 2 N–H and O–H groups in total. The molecule has 0 atom stereocenters. The first-order valence-electron chi connectivity index (χ1n) is 10.3. The molecule has 0 aliphatic carbocycles. The van der Waals surface area contributed by atoms with Crippen LogP contribution in [-0.4, -0.2) is 17.6 Å². The number of nitrogens with one attached hydrogen (secondary N) is 2. The number of anilines is 1. The Morgan fingerprint density at radius 1 is 0.966 bits per heavy atom. The van der Waals surface area contributed by atoms with E-state index in [1.165, 1.54) is 24.8 Å². The van der Waals surface area contributed by atoms with Crippen molar-refractivity contribution in [2.45, 2.75) is 58.8 Å². The summed E-state index contributed by atoms with van der Waals surface area (Å²) in [4.78, 5) is 12.4. The first kappa shape index (κ1) is 22.9. The van der Waals surface area contributed by atoms with Gasteiger partial charge in [0, 0.05) is 11.3 Å². The molecule has 4 nitrogen and oxygen atoms in total. The Hall–Kier alpha value is -2.40. The minimum atomic E-state index is -0.227. The quantitative estimate of drug-likeness (QED) is 0.408. The third-order valence-electron chi connectivity index (χ3n) is 4.62. The van der Waals surface area contributed by atoms with Gasteiger partial charge in [-0.2, -0.15) is 0 Å². The highest BCUT2D eigenvalue weighted by molar-refractivity contribution is 7.80. The normalized spacial score (nSPS) is 11.0. The number of carbonyl (C=O) groups is 1. The van der Waals surface area contributed by atoms with Crippen LogP contribution in [0.3, 0.4) is 0 Å². The fourth-order valence-electron chi connectivity index (χ4n) is 2.81. The van der Waals surface area contributed by atoms with Crippen LogP contribution in [0.2, 0.25) is 0 Å². The first-order chi connectivity index (χ1) is 13.8. The Labute approximate surface area is 180 Å². The molecule has 1 amide bonds. The zero-order valence-electron chi connectivity index (χ0n) is 17.9. The van der Waals surface area contributed by atoms with E-state index in [9.17, 15) is 4.79 Å². The van der Waals surface area contributed by atoms with Crippen molar-refractivity contribution in [3.8, 4) is 5.75 Å². The molecule has 2 aromatic rings. The molecule has 0 aromatic heterocycles. The Bertz CT molecular complexity index is 793. The van der Waals surface area contributed by atoms with Crippen molar-refractivity contribution < 1.29 is 9.53 Å². The number of benzene rings is 2. The summed E-state index contributed by atoms with van der Waals surface area (Å²) in [5.41, 5.74) is 2.62. The second kappa shape index (κ2) is 11.0. The van der Waals surface area contributed by atoms with Crippen molar-refractivity contribution >= 4 is 28.9 Å². The van der Waals surface area contributed by atoms with Gasteiger partial charge in [0.05, 0.1) is 6.61 Å². The van der Waals surface area contributed by atoms with E-state index in [0.29, 0.717) is 5.56 Å². The molecule has 0 heterocycles. The summed E-state index contributed by atoms with van der Waals surface area (Å²) in [7, 11) is 0. The van der Waals surface area contributed by atoms with Gasteiger partial charge in [0.1, 0.15) is 5.75 Å². The summed E-state index contributed by atoms with van der Waals surface area (Å²) in [5.74, 6) is 0.607. The van der Waals surface area contributed by atoms with Gasteiger partial charge in [0.25, 0.3) is 5.91 Å². The number of rotatable bonds is 8. The zero-order chi connectivity index (χ0) is 21.3. The molecule has 0 unspecified atom stereocenters. The van der Waals surface area contributed by atoms with Gasteiger partial charge < -0.3 is 10.1 Å². The molecule has 0 saturated carbocycles. The fraction of sp³-hybridized carbons (Fsp3) is 0.417. The van der Waals surface area contributed by atoms with E-state index in [0.717, 1.165) is 24.5 Å². The van der Waals surface area contributed by atoms with Crippen LogP contribution in [0.5, 0.6) is 5.75 Å². The van der Waals surface area contributed by atoms with E-state index in [1.807, 2.05) is 48.5 Å². The molecule has 2 aromatic carbocycles. The lowest BCUT2D eigenvalue weighted by atomic mass is 9.87. The molecule has 0 saturated heterocycles. The third kappa shape index (κ3) is 7.86. The van der Waals surface area contributed by atoms with Gasteiger partial charge in [0.15, 0.2) is 5.11 Å². The maximum atomic E-state index is 12.4. The SMILES string of the molecule is CCCCCCOc1ccc(NC(=S)NC(=O)c2ccc(C(C)(C)C)cc2)cc1. The Balaban J connectivity index is 1.81. The first-order valence-corrected chi connectivity index (χ1v) is 10.7. The molecule has 0 aliphatic rings. The number of thiocarbonyl (C=S) groups is 1. The van der Waals surface area contributed by atoms with Crippen molar-refractivity contribution in [3.63, 3.8) is 0 Å². The largest absolute Gasteiger partial charge is 0.494 e. The van der Waals surface area contributed by atoms with Gasteiger partial charge >= 0.3 is 0 Å². The molecule has 156 valence electrons. The van der Waals surface area contributed by atoms with E-state index in [2.05, 4.69) is 38.3 Å². The van der Waals surface area contributed by atoms with E-state index >= 15 is 0 Å². The van der Waals surface area contributed by atoms with Crippen molar-refractivity contribution in [2.24, 2.45) is 0 Å². The van der Waals surface area contributed by atoms with Gasteiger partial charge in [0.2, 0.25) is 0 Å². The third-order valence-corrected chi connectivity index (χ3v) is 4.82. The number of unbranched alkanes of at least 4 members (excludes halogenated alkanes) is 3. The van der Waals surface area contributed by atoms with E-state index in [1.54, 1.807) is 0 Å². The molecule has 0 bridgehead atoms. The molecule has 0 aliphatic heterocycles. The molecular formula is C24H32N2O2S. The summed E-state index contributed by atoms with van der Waals surface area (Å²) in [6.07, 6.45) is 4.74. The van der Waals surface area contributed by atoms with Gasteiger partial charge in [-0.1, -0.05) is 59.1 Å². The molecule has 0 fully saturated rings. The van der Waals surface area contributed by atoms with Gasteiger partial charge in [-0.3, -0.25) is 10.1 Å². The van der Waals surface area contributed by atoms with Crippen LogP contribution >= 0.6 is 12.2 Å². The minimum absolute atomic E-state index is 0.0528. The highest BCUT2D eigenvalue weighted by Gasteiger charge is 2.14. The Kier molecular flexibility index (Phi) is 8.65. The minimum Gasteiger partial charge on any atom is -0.494 e. The standard InChI is InChI=1S/C24H32N2O2S/c1-5-6-7-8-17-28-21-15-13-20(14-16-21)25-23(29)26-22(27)18-9-11-19(12-10-18)24(2,3)4/h9-16H,5-8,17H2,1-4H3,(H2,25,26,27,29). The lowest BCUT2D eigenvalue weighted by molar-refractivity contribution is 0.0977. The van der Waals surface area contributed by atoms with Crippen LogP contribution in [-0.2, 0) is 5.41 Å². The summed E-state index contributed by atoms with van der Waals surface area (Å²) >= 11 is 5.27. The second-order valence-corrected chi connectivity index (χ2v) is 8.58. The maximum absolute atomic E-state index is 12.4. The van der Waals surface area contributed by atoms with Crippen molar-refractivity contribution in [2.75, 3.05) is 11.9 Å². The lowest BCUT2D eigenvalue weighted by Gasteiger charge is -2.19. The van der Waals surface area contributed by atoms with Crippen LogP contribution in [0.1, 0.15) is 69.3 Å². The van der Waals surface area contributed by atoms with Crippen LogP contribution in [0.4, 0.5) is 5.69 Å². The van der Waals surface area contributed by atoms with Crippen molar-refractivity contribution in [1.82, 2.24) is 5.32 Å². The number of ether oxygens (including phenoxy) is 1. The Morgan fingerprint density at radius 3 is 2.21 bits per heavy atom. The molecule has 0 spiro atoms. The molecule has 5 heteroatoms. The van der Waals surface area contributed by atoms with E-state index in [-0.39, 0.29) is 16.4 Å². The summed E-state index contributed by atoms with van der Waals surface area (Å²) in [6, 6.07) is 15.2. The lowest BCUT2D eigenvalue weighted by Crippen LogP contribution is -2.34. The van der Waals surface area contributed by atoms with Gasteiger partial charge in [-0.15, -0.1) is 0 Å². The second-order valence-electron chi connectivity index (χ2n) is 8.17. The monoisotopic (exact) mass is 412 g/mol. The van der Waals surface area contributed by atoms with Crippen LogP contribution in [0.25, 0.3) is 0 Å². The van der Waals surface area contributed by atoms with Crippen LogP contribution < -0.4 is 15.4 Å².